The van der Waals surface area contributed by atoms with Crippen molar-refractivity contribution in [3.63, 3.8) is 0 Å². The van der Waals surface area contributed by atoms with Crippen molar-refractivity contribution in [2.75, 3.05) is 17.6 Å². The molecule has 0 spiro atoms. The molecule has 1 aliphatic carbocycles. The second-order valence-corrected chi connectivity index (χ2v) is 4.10. The number of rotatable bonds is 3. The van der Waals surface area contributed by atoms with E-state index >= 15 is 0 Å². The lowest BCUT2D eigenvalue weighted by Crippen LogP contribution is -2.33. The molecule has 5 heteroatoms. The van der Waals surface area contributed by atoms with Gasteiger partial charge in [0.05, 0.1) is 6.10 Å². The molecule has 1 heterocycles. The molecular weight excluding hydrogens is 192 g/mol. The zero-order chi connectivity index (χ0) is 10.8. The molecule has 15 heavy (non-hydrogen) atoms. The van der Waals surface area contributed by atoms with E-state index in [1.54, 1.807) is 6.07 Å². The average molecular weight is 208 g/mol. The van der Waals surface area contributed by atoms with Gasteiger partial charge in [0.25, 0.3) is 0 Å². The zero-order valence-electron chi connectivity index (χ0n) is 8.77. The molecule has 1 fully saturated rings. The number of aliphatic hydroxyl groups excluding tert-OH is 1. The van der Waals surface area contributed by atoms with E-state index in [0.29, 0.717) is 17.6 Å². The van der Waals surface area contributed by atoms with Crippen molar-refractivity contribution in [2.24, 2.45) is 5.92 Å². The standard InChI is InChI=1S/C10H16N4O/c1-6-13-9(11)4-10(14-6)12-5-7-2-8(15)3-7/h4,7-8,15H,2-3,5H2,1H3,(H3,11,12,13,14). The Bertz CT molecular complexity index is 329. The molecule has 1 aliphatic rings. The summed E-state index contributed by atoms with van der Waals surface area (Å²) in [5.41, 5.74) is 5.60. The van der Waals surface area contributed by atoms with Gasteiger partial charge in [0.15, 0.2) is 0 Å². The molecule has 0 saturated heterocycles. The molecule has 1 saturated carbocycles. The predicted octanol–water partition coefficient (Wildman–Crippen LogP) is 0.550. The predicted molar refractivity (Wildman–Crippen MR) is 58.4 cm³/mol. The van der Waals surface area contributed by atoms with Crippen LogP contribution >= 0.6 is 0 Å². The average Bonchev–Trinajstić information content (AvgIpc) is 2.09. The number of aromatic nitrogens is 2. The summed E-state index contributed by atoms with van der Waals surface area (Å²) < 4.78 is 0. The highest BCUT2D eigenvalue weighted by Crippen LogP contribution is 2.27. The molecule has 2 rings (SSSR count). The van der Waals surface area contributed by atoms with E-state index in [0.717, 1.165) is 25.2 Å². The molecule has 82 valence electrons. The van der Waals surface area contributed by atoms with Gasteiger partial charge in [-0.05, 0) is 25.7 Å². The highest BCUT2D eigenvalue weighted by atomic mass is 16.3. The Morgan fingerprint density at radius 3 is 2.87 bits per heavy atom. The monoisotopic (exact) mass is 208 g/mol. The third-order valence-electron chi connectivity index (χ3n) is 2.64. The van der Waals surface area contributed by atoms with E-state index in [1.807, 2.05) is 6.92 Å². The molecular formula is C10H16N4O. The highest BCUT2D eigenvalue weighted by Gasteiger charge is 2.26. The molecule has 5 nitrogen and oxygen atoms in total. The van der Waals surface area contributed by atoms with E-state index in [-0.39, 0.29) is 6.10 Å². The Kier molecular flexibility index (Phi) is 2.73. The Morgan fingerprint density at radius 1 is 1.53 bits per heavy atom. The smallest absolute Gasteiger partial charge is 0.131 e. The topological polar surface area (TPSA) is 84.1 Å². The van der Waals surface area contributed by atoms with Gasteiger partial charge < -0.3 is 16.2 Å². The second-order valence-electron chi connectivity index (χ2n) is 4.10. The maximum Gasteiger partial charge on any atom is 0.131 e. The minimum Gasteiger partial charge on any atom is -0.393 e. The van der Waals surface area contributed by atoms with Crippen molar-refractivity contribution in [3.05, 3.63) is 11.9 Å². The quantitative estimate of drug-likeness (QED) is 0.675. The molecule has 0 amide bonds. The molecule has 0 radical (unpaired) electrons. The zero-order valence-corrected chi connectivity index (χ0v) is 8.77. The number of aryl methyl sites for hydroxylation is 1. The van der Waals surface area contributed by atoms with Crippen LogP contribution in [0.5, 0.6) is 0 Å². The van der Waals surface area contributed by atoms with Crippen LogP contribution in [0.15, 0.2) is 6.07 Å². The first-order valence-corrected chi connectivity index (χ1v) is 5.16. The van der Waals surface area contributed by atoms with Crippen LogP contribution in [0.1, 0.15) is 18.7 Å². The number of nitrogens with two attached hydrogens (primary N) is 1. The third-order valence-corrected chi connectivity index (χ3v) is 2.64. The number of anilines is 2. The lowest BCUT2D eigenvalue weighted by Gasteiger charge is -2.31. The van der Waals surface area contributed by atoms with Crippen molar-refractivity contribution in [1.29, 1.82) is 0 Å². The fourth-order valence-corrected chi connectivity index (χ4v) is 1.80. The summed E-state index contributed by atoms with van der Waals surface area (Å²) in [6.07, 6.45) is 1.66. The normalized spacial score (nSPS) is 24.7. The van der Waals surface area contributed by atoms with Crippen LogP contribution in [0.3, 0.4) is 0 Å². The fourth-order valence-electron chi connectivity index (χ4n) is 1.80. The SMILES string of the molecule is Cc1nc(N)cc(NCC2CC(O)C2)n1. The number of hydrogen-bond acceptors (Lipinski definition) is 5. The Labute approximate surface area is 88.7 Å². The molecule has 0 aliphatic heterocycles. The van der Waals surface area contributed by atoms with Gasteiger partial charge in [-0.15, -0.1) is 0 Å². The van der Waals surface area contributed by atoms with Crippen LogP contribution in [0.2, 0.25) is 0 Å². The minimum absolute atomic E-state index is 0.103. The van der Waals surface area contributed by atoms with Crippen LogP contribution in [0.4, 0.5) is 11.6 Å². The van der Waals surface area contributed by atoms with Gasteiger partial charge in [0.2, 0.25) is 0 Å². The number of nitrogens with one attached hydrogen (secondary N) is 1. The Hall–Kier alpha value is -1.36. The third kappa shape index (κ3) is 2.56. The molecule has 0 bridgehead atoms. The van der Waals surface area contributed by atoms with E-state index in [4.69, 9.17) is 10.8 Å². The van der Waals surface area contributed by atoms with Gasteiger partial charge in [-0.1, -0.05) is 0 Å². The largest absolute Gasteiger partial charge is 0.393 e. The second kappa shape index (κ2) is 4.02. The summed E-state index contributed by atoms with van der Waals surface area (Å²) in [6.45, 7) is 2.65. The van der Waals surface area contributed by atoms with E-state index in [1.165, 1.54) is 0 Å². The summed E-state index contributed by atoms with van der Waals surface area (Å²) >= 11 is 0. The number of nitrogens with zero attached hydrogens (tertiary/aromatic N) is 2. The van der Waals surface area contributed by atoms with Gasteiger partial charge in [-0.3, -0.25) is 0 Å². The van der Waals surface area contributed by atoms with Crippen molar-refractivity contribution in [1.82, 2.24) is 9.97 Å². The summed E-state index contributed by atoms with van der Waals surface area (Å²) in [5.74, 6) is 2.47. The van der Waals surface area contributed by atoms with Crippen LogP contribution in [0, 0.1) is 12.8 Å². The van der Waals surface area contributed by atoms with Crippen LogP contribution < -0.4 is 11.1 Å². The van der Waals surface area contributed by atoms with Gasteiger partial charge >= 0.3 is 0 Å². The number of hydrogen-bond donors (Lipinski definition) is 3. The van der Waals surface area contributed by atoms with Crippen LogP contribution in [-0.4, -0.2) is 27.7 Å². The Morgan fingerprint density at radius 2 is 2.27 bits per heavy atom. The molecule has 0 unspecified atom stereocenters. The van der Waals surface area contributed by atoms with E-state index < -0.39 is 0 Å². The Balaban J connectivity index is 1.88. The molecule has 0 atom stereocenters. The minimum atomic E-state index is -0.103. The van der Waals surface area contributed by atoms with Gasteiger partial charge in [-0.2, -0.15) is 0 Å². The molecule has 1 aromatic heterocycles. The first-order valence-electron chi connectivity index (χ1n) is 5.16. The van der Waals surface area contributed by atoms with Gasteiger partial charge in [-0.25, -0.2) is 9.97 Å². The molecule has 0 aromatic carbocycles. The lowest BCUT2D eigenvalue weighted by molar-refractivity contribution is 0.0486. The van der Waals surface area contributed by atoms with Crippen molar-refractivity contribution < 1.29 is 5.11 Å². The van der Waals surface area contributed by atoms with E-state index in [2.05, 4.69) is 15.3 Å². The maximum absolute atomic E-state index is 9.13. The summed E-state index contributed by atoms with van der Waals surface area (Å²) in [7, 11) is 0. The first-order chi connectivity index (χ1) is 7.13. The summed E-state index contributed by atoms with van der Waals surface area (Å²) in [5, 5.41) is 12.3. The highest BCUT2D eigenvalue weighted by molar-refractivity contribution is 5.44. The lowest BCUT2D eigenvalue weighted by atomic mass is 9.82. The van der Waals surface area contributed by atoms with Crippen LogP contribution in [0.25, 0.3) is 0 Å². The number of aliphatic hydroxyl groups is 1. The molecule has 1 aromatic rings. The summed E-state index contributed by atoms with van der Waals surface area (Å²) in [6, 6.07) is 1.72. The van der Waals surface area contributed by atoms with Crippen molar-refractivity contribution >= 4 is 11.6 Å². The van der Waals surface area contributed by atoms with Gasteiger partial charge in [0, 0.05) is 12.6 Å². The van der Waals surface area contributed by atoms with Crippen LogP contribution in [-0.2, 0) is 0 Å². The first kappa shape index (κ1) is 10.2. The maximum atomic E-state index is 9.13. The van der Waals surface area contributed by atoms with Gasteiger partial charge in [0.1, 0.15) is 17.5 Å². The van der Waals surface area contributed by atoms with Crippen molar-refractivity contribution in [2.45, 2.75) is 25.9 Å². The van der Waals surface area contributed by atoms with Crippen molar-refractivity contribution in [3.8, 4) is 0 Å². The number of nitrogen functional groups attached to an aromatic ring is 1. The van der Waals surface area contributed by atoms with E-state index in [9.17, 15) is 0 Å². The fraction of sp³-hybridized carbons (Fsp3) is 0.600. The molecule has 4 N–H and O–H groups in total. The summed E-state index contributed by atoms with van der Waals surface area (Å²) in [4.78, 5) is 8.21.